The topological polar surface area (TPSA) is 49.0 Å². The van der Waals surface area contributed by atoms with Crippen LogP contribution in [-0.2, 0) is 0 Å². The molecule has 3 heteroatoms. The SMILES string of the molecule is N#Cc1ccc([C@H]2CCCCN2)o1. The van der Waals surface area contributed by atoms with E-state index in [-0.39, 0.29) is 0 Å². The first-order chi connectivity index (χ1) is 6.40. The highest BCUT2D eigenvalue weighted by Crippen LogP contribution is 2.24. The minimum absolute atomic E-state index is 0.316. The average molecular weight is 176 g/mol. The number of nitrogens with zero attached hydrogens (tertiary/aromatic N) is 1. The predicted octanol–water partition coefficient (Wildman–Crippen LogP) is 1.97. The molecule has 1 aromatic heterocycles. The number of piperidine rings is 1. The molecule has 0 amide bonds. The summed E-state index contributed by atoms with van der Waals surface area (Å²) in [6.45, 7) is 1.05. The molecule has 1 fully saturated rings. The van der Waals surface area contributed by atoms with Crippen LogP contribution in [0.1, 0.15) is 36.8 Å². The maximum absolute atomic E-state index is 8.59. The normalized spacial score (nSPS) is 22.5. The van der Waals surface area contributed by atoms with Crippen LogP contribution in [0.3, 0.4) is 0 Å². The van der Waals surface area contributed by atoms with Crippen molar-refractivity contribution in [1.29, 1.82) is 5.26 Å². The first-order valence-electron chi connectivity index (χ1n) is 4.63. The van der Waals surface area contributed by atoms with Gasteiger partial charge in [-0.1, -0.05) is 6.42 Å². The Labute approximate surface area is 77.4 Å². The minimum Gasteiger partial charge on any atom is -0.449 e. The fraction of sp³-hybridized carbons (Fsp3) is 0.500. The lowest BCUT2D eigenvalue weighted by Crippen LogP contribution is -2.26. The lowest BCUT2D eigenvalue weighted by atomic mass is 10.0. The Morgan fingerprint density at radius 1 is 1.46 bits per heavy atom. The van der Waals surface area contributed by atoms with Crippen LogP contribution in [-0.4, -0.2) is 6.54 Å². The standard InChI is InChI=1S/C10H12N2O/c11-7-8-4-5-10(13-8)9-3-1-2-6-12-9/h4-5,9,12H,1-3,6H2/t9-/m1/s1. The fourth-order valence-electron chi connectivity index (χ4n) is 1.69. The number of hydrogen-bond acceptors (Lipinski definition) is 3. The third-order valence-corrected chi connectivity index (χ3v) is 2.39. The summed E-state index contributed by atoms with van der Waals surface area (Å²) in [6, 6.07) is 5.93. The van der Waals surface area contributed by atoms with E-state index in [0.29, 0.717) is 11.8 Å². The zero-order valence-corrected chi connectivity index (χ0v) is 7.42. The van der Waals surface area contributed by atoms with E-state index >= 15 is 0 Å². The van der Waals surface area contributed by atoms with Gasteiger partial charge in [0.15, 0.2) is 0 Å². The Morgan fingerprint density at radius 2 is 2.38 bits per heavy atom. The summed E-state index contributed by atoms with van der Waals surface area (Å²) >= 11 is 0. The first kappa shape index (κ1) is 8.33. The second-order valence-electron chi connectivity index (χ2n) is 3.32. The van der Waals surface area contributed by atoms with Gasteiger partial charge in [-0.15, -0.1) is 0 Å². The Kier molecular flexibility index (Phi) is 2.33. The molecule has 0 saturated carbocycles. The molecule has 13 heavy (non-hydrogen) atoms. The van der Waals surface area contributed by atoms with Crippen LogP contribution in [0.15, 0.2) is 16.5 Å². The summed E-state index contributed by atoms with van der Waals surface area (Å²) in [4.78, 5) is 0. The van der Waals surface area contributed by atoms with Gasteiger partial charge in [0.2, 0.25) is 5.76 Å². The van der Waals surface area contributed by atoms with E-state index in [4.69, 9.17) is 9.68 Å². The molecule has 68 valence electrons. The molecular formula is C10H12N2O. The second-order valence-corrected chi connectivity index (χ2v) is 3.32. The smallest absolute Gasteiger partial charge is 0.203 e. The van der Waals surface area contributed by atoms with Crippen molar-refractivity contribution in [3.05, 3.63) is 23.7 Å². The third-order valence-electron chi connectivity index (χ3n) is 2.39. The minimum atomic E-state index is 0.316. The monoisotopic (exact) mass is 176 g/mol. The molecule has 1 saturated heterocycles. The van der Waals surface area contributed by atoms with Crippen LogP contribution in [0.2, 0.25) is 0 Å². The highest BCUT2D eigenvalue weighted by Gasteiger charge is 2.17. The lowest BCUT2D eigenvalue weighted by Gasteiger charge is -2.21. The van der Waals surface area contributed by atoms with Crippen molar-refractivity contribution in [2.24, 2.45) is 0 Å². The molecule has 1 aliphatic rings. The van der Waals surface area contributed by atoms with Crippen molar-refractivity contribution in [3.8, 4) is 6.07 Å². The fourth-order valence-corrected chi connectivity index (χ4v) is 1.69. The highest BCUT2D eigenvalue weighted by atomic mass is 16.3. The number of hydrogen-bond donors (Lipinski definition) is 1. The highest BCUT2D eigenvalue weighted by molar-refractivity contribution is 5.20. The van der Waals surface area contributed by atoms with Crippen molar-refractivity contribution >= 4 is 0 Å². The summed E-state index contributed by atoms with van der Waals surface area (Å²) in [6.07, 6.45) is 3.58. The van der Waals surface area contributed by atoms with E-state index in [0.717, 1.165) is 18.7 Å². The van der Waals surface area contributed by atoms with Gasteiger partial charge in [0, 0.05) is 0 Å². The Hall–Kier alpha value is -1.27. The Balaban J connectivity index is 2.11. The van der Waals surface area contributed by atoms with Gasteiger partial charge in [-0.25, -0.2) is 0 Å². The van der Waals surface area contributed by atoms with E-state index in [2.05, 4.69) is 5.32 Å². The zero-order chi connectivity index (χ0) is 9.10. The molecule has 3 nitrogen and oxygen atoms in total. The Morgan fingerprint density at radius 3 is 3.00 bits per heavy atom. The molecule has 1 atom stereocenters. The van der Waals surface area contributed by atoms with Crippen molar-refractivity contribution in [1.82, 2.24) is 5.32 Å². The van der Waals surface area contributed by atoms with E-state index in [1.165, 1.54) is 12.8 Å². The molecule has 1 aromatic rings. The van der Waals surface area contributed by atoms with Crippen LogP contribution in [0, 0.1) is 11.3 Å². The second kappa shape index (κ2) is 3.63. The zero-order valence-electron chi connectivity index (χ0n) is 7.42. The molecule has 1 aliphatic heterocycles. The number of furan rings is 1. The van der Waals surface area contributed by atoms with Crippen molar-refractivity contribution < 1.29 is 4.42 Å². The largest absolute Gasteiger partial charge is 0.449 e. The van der Waals surface area contributed by atoms with E-state index in [1.54, 1.807) is 6.07 Å². The van der Waals surface area contributed by atoms with Crippen molar-refractivity contribution in [2.45, 2.75) is 25.3 Å². The third kappa shape index (κ3) is 1.73. The van der Waals surface area contributed by atoms with Gasteiger partial charge in [-0.2, -0.15) is 5.26 Å². The van der Waals surface area contributed by atoms with Crippen LogP contribution >= 0.6 is 0 Å². The van der Waals surface area contributed by atoms with Gasteiger partial charge >= 0.3 is 0 Å². The molecule has 0 aliphatic carbocycles. The number of nitriles is 1. The van der Waals surface area contributed by atoms with Crippen LogP contribution < -0.4 is 5.32 Å². The Bertz CT molecular complexity index is 318. The summed E-state index contributed by atoms with van der Waals surface area (Å²) in [7, 11) is 0. The maximum atomic E-state index is 8.59. The van der Waals surface area contributed by atoms with Crippen LogP contribution in [0.25, 0.3) is 0 Å². The van der Waals surface area contributed by atoms with E-state index in [9.17, 15) is 0 Å². The summed E-state index contributed by atoms with van der Waals surface area (Å²) in [5.74, 6) is 1.30. The van der Waals surface area contributed by atoms with Gasteiger partial charge in [-0.05, 0) is 31.5 Å². The molecule has 0 radical (unpaired) electrons. The van der Waals surface area contributed by atoms with Crippen molar-refractivity contribution in [2.75, 3.05) is 6.54 Å². The van der Waals surface area contributed by atoms with Gasteiger partial charge < -0.3 is 9.73 Å². The number of rotatable bonds is 1. The van der Waals surface area contributed by atoms with Gasteiger partial charge in [0.05, 0.1) is 6.04 Å². The van der Waals surface area contributed by atoms with Gasteiger partial charge in [0.1, 0.15) is 11.8 Å². The molecular weight excluding hydrogens is 164 g/mol. The van der Waals surface area contributed by atoms with E-state index < -0.39 is 0 Å². The summed E-state index contributed by atoms with van der Waals surface area (Å²) < 4.78 is 5.35. The predicted molar refractivity (Wildman–Crippen MR) is 48.0 cm³/mol. The van der Waals surface area contributed by atoms with Gasteiger partial charge in [0.25, 0.3) is 0 Å². The van der Waals surface area contributed by atoms with Crippen LogP contribution in [0.4, 0.5) is 0 Å². The molecule has 2 heterocycles. The summed E-state index contributed by atoms with van der Waals surface area (Å²) in [5.41, 5.74) is 0. The average Bonchev–Trinajstić information content (AvgIpc) is 2.67. The summed E-state index contributed by atoms with van der Waals surface area (Å²) in [5, 5.41) is 12.0. The molecule has 0 aromatic carbocycles. The molecule has 2 rings (SSSR count). The maximum Gasteiger partial charge on any atom is 0.203 e. The quantitative estimate of drug-likeness (QED) is 0.711. The lowest BCUT2D eigenvalue weighted by molar-refractivity contribution is 0.347. The molecule has 0 unspecified atom stereocenters. The molecule has 1 N–H and O–H groups in total. The molecule has 0 bridgehead atoms. The van der Waals surface area contributed by atoms with Crippen molar-refractivity contribution in [3.63, 3.8) is 0 Å². The van der Waals surface area contributed by atoms with Gasteiger partial charge in [-0.3, -0.25) is 0 Å². The van der Waals surface area contributed by atoms with Crippen LogP contribution in [0.5, 0.6) is 0 Å². The van der Waals surface area contributed by atoms with E-state index in [1.807, 2.05) is 12.1 Å². The first-order valence-corrected chi connectivity index (χ1v) is 4.63. The number of nitrogens with one attached hydrogen (secondary N) is 1. The molecule has 0 spiro atoms.